The summed E-state index contributed by atoms with van der Waals surface area (Å²) in [5.74, 6) is 2.50. The summed E-state index contributed by atoms with van der Waals surface area (Å²) in [4.78, 5) is 17.2. The maximum absolute atomic E-state index is 12.4. The first-order valence-corrected chi connectivity index (χ1v) is 12.9. The molecule has 0 bridgehead atoms. The predicted octanol–water partition coefficient (Wildman–Crippen LogP) is 5.84. The Kier molecular flexibility index (Phi) is 9.35. The fourth-order valence-corrected chi connectivity index (χ4v) is 4.37. The van der Waals surface area contributed by atoms with Gasteiger partial charge >= 0.3 is 0 Å². The van der Waals surface area contributed by atoms with Gasteiger partial charge in [-0.15, -0.1) is 0 Å². The van der Waals surface area contributed by atoms with Crippen molar-refractivity contribution in [1.82, 2.24) is 14.9 Å². The Morgan fingerprint density at radius 2 is 1.81 bits per heavy atom. The number of para-hydroxylation sites is 2. The number of carbonyl (C=O) groups excluding carboxylic acids is 1. The number of ether oxygens (including phenoxy) is 2. The molecule has 3 aromatic carbocycles. The van der Waals surface area contributed by atoms with Gasteiger partial charge in [0.15, 0.2) is 11.5 Å². The van der Waals surface area contributed by atoms with Crippen LogP contribution in [0.4, 0.5) is 0 Å². The van der Waals surface area contributed by atoms with E-state index in [0.717, 1.165) is 53.3 Å². The number of aryl methyl sites for hydroxylation is 2. The number of methoxy groups -OCH3 is 1. The summed E-state index contributed by atoms with van der Waals surface area (Å²) < 4.78 is 13.8. The molecule has 0 atom stereocenters. The highest BCUT2D eigenvalue weighted by atomic mass is 16.5. The molecular formula is C31H35N3O3. The molecule has 0 aliphatic carbocycles. The summed E-state index contributed by atoms with van der Waals surface area (Å²) in [5, 5.41) is 3.05. The van der Waals surface area contributed by atoms with Gasteiger partial charge in [-0.2, -0.15) is 0 Å². The molecule has 1 amide bonds. The molecule has 4 aromatic rings. The number of aromatic nitrogens is 2. The second-order valence-corrected chi connectivity index (χ2v) is 8.87. The van der Waals surface area contributed by atoms with Gasteiger partial charge in [-0.25, -0.2) is 4.98 Å². The van der Waals surface area contributed by atoms with Crippen molar-refractivity contribution >= 4 is 23.0 Å². The molecular weight excluding hydrogens is 462 g/mol. The van der Waals surface area contributed by atoms with E-state index in [1.165, 1.54) is 5.56 Å². The first-order valence-electron chi connectivity index (χ1n) is 12.9. The molecule has 0 aliphatic heterocycles. The Morgan fingerprint density at radius 3 is 2.62 bits per heavy atom. The molecule has 0 unspecified atom stereocenters. The van der Waals surface area contributed by atoms with Crippen molar-refractivity contribution in [2.45, 2.75) is 39.2 Å². The zero-order chi connectivity index (χ0) is 25.9. The number of allylic oxidation sites excluding steroid dienone is 1. The van der Waals surface area contributed by atoms with Gasteiger partial charge in [0.2, 0.25) is 5.91 Å². The van der Waals surface area contributed by atoms with E-state index < -0.39 is 0 Å². The topological polar surface area (TPSA) is 65.4 Å². The molecule has 6 nitrogen and oxygen atoms in total. The number of fused-ring (bicyclic) bond motifs is 1. The Hall–Kier alpha value is -4.06. The molecule has 192 valence electrons. The Balaban J connectivity index is 1.32. The zero-order valence-electron chi connectivity index (χ0n) is 21.7. The number of amides is 1. The van der Waals surface area contributed by atoms with Gasteiger partial charge in [0.1, 0.15) is 5.82 Å². The summed E-state index contributed by atoms with van der Waals surface area (Å²) in [7, 11) is 1.66. The summed E-state index contributed by atoms with van der Waals surface area (Å²) in [6.07, 6.45) is 6.75. The lowest BCUT2D eigenvalue weighted by atomic mass is 10.1. The number of benzene rings is 3. The van der Waals surface area contributed by atoms with Gasteiger partial charge in [0.05, 0.1) is 24.8 Å². The van der Waals surface area contributed by atoms with Crippen molar-refractivity contribution in [3.63, 3.8) is 0 Å². The third-order valence-corrected chi connectivity index (χ3v) is 6.22. The molecule has 0 fully saturated rings. The Labute approximate surface area is 218 Å². The van der Waals surface area contributed by atoms with Crippen LogP contribution in [0.25, 0.3) is 17.1 Å². The summed E-state index contributed by atoms with van der Waals surface area (Å²) in [5.41, 5.74) is 4.32. The molecule has 0 aliphatic rings. The number of imidazole rings is 1. The minimum Gasteiger partial charge on any atom is -0.493 e. The van der Waals surface area contributed by atoms with Crippen molar-refractivity contribution in [3.05, 3.63) is 95.8 Å². The average molecular weight is 498 g/mol. The molecule has 0 radical (unpaired) electrons. The molecule has 37 heavy (non-hydrogen) atoms. The van der Waals surface area contributed by atoms with E-state index in [2.05, 4.69) is 16.0 Å². The molecule has 1 aromatic heterocycles. The van der Waals surface area contributed by atoms with Crippen LogP contribution in [-0.2, 0) is 24.2 Å². The lowest BCUT2D eigenvalue weighted by Crippen LogP contribution is -2.26. The van der Waals surface area contributed by atoms with Gasteiger partial charge in [-0.3, -0.25) is 4.79 Å². The van der Waals surface area contributed by atoms with Gasteiger partial charge in [-0.1, -0.05) is 60.7 Å². The van der Waals surface area contributed by atoms with E-state index in [4.69, 9.17) is 14.5 Å². The number of nitrogens with one attached hydrogen (secondary N) is 1. The van der Waals surface area contributed by atoms with Crippen molar-refractivity contribution in [2.24, 2.45) is 0 Å². The van der Waals surface area contributed by atoms with Gasteiger partial charge < -0.3 is 19.4 Å². The average Bonchev–Trinajstić information content (AvgIpc) is 3.28. The zero-order valence-corrected chi connectivity index (χ0v) is 21.7. The first-order chi connectivity index (χ1) is 18.2. The van der Waals surface area contributed by atoms with Crippen LogP contribution in [0.5, 0.6) is 11.5 Å². The van der Waals surface area contributed by atoms with Crippen LogP contribution in [0.3, 0.4) is 0 Å². The molecule has 6 heteroatoms. The normalized spacial score (nSPS) is 11.2. The van der Waals surface area contributed by atoms with Crippen LogP contribution in [0.2, 0.25) is 0 Å². The third-order valence-electron chi connectivity index (χ3n) is 6.22. The summed E-state index contributed by atoms with van der Waals surface area (Å²) in [6.45, 7) is 3.88. The standard InChI is InChI=1S/C31H35N3O3/c1-3-10-25-15-17-28(29(23-25)36-2)37-22-9-21-34-27-14-8-7-13-26(27)33-30(34)19-20-32-31(35)18-16-24-11-5-4-6-12-24/h3-8,10-15,17,23H,9,16,18-22H2,1-2H3,(H,32,35)/b10-3+. The van der Waals surface area contributed by atoms with Crippen molar-refractivity contribution in [2.75, 3.05) is 20.3 Å². The molecule has 0 saturated heterocycles. The van der Waals surface area contributed by atoms with E-state index >= 15 is 0 Å². The summed E-state index contributed by atoms with van der Waals surface area (Å²) in [6, 6.07) is 24.2. The first kappa shape index (κ1) is 26.0. The van der Waals surface area contributed by atoms with E-state index in [0.29, 0.717) is 26.0 Å². The number of rotatable bonds is 13. The number of hydrogen-bond acceptors (Lipinski definition) is 4. The third kappa shape index (κ3) is 7.23. The SMILES string of the molecule is C/C=C/c1ccc(OCCCn2c(CCNC(=O)CCc3ccccc3)nc3ccccc32)c(OC)c1. The quantitative estimate of drug-likeness (QED) is 0.236. The highest BCUT2D eigenvalue weighted by Gasteiger charge is 2.12. The van der Waals surface area contributed by atoms with Crippen LogP contribution in [0.1, 0.15) is 36.7 Å². The number of nitrogens with zero attached hydrogens (tertiary/aromatic N) is 2. The van der Waals surface area contributed by atoms with E-state index in [1.807, 2.05) is 85.8 Å². The van der Waals surface area contributed by atoms with E-state index in [9.17, 15) is 4.79 Å². The fourth-order valence-electron chi connectivity index (χ4n) is 4.37. The van der Waals surface area contributed by atoms with Crippen LogP contribution in [0, 0.1) is 0 Å². The second kappa shape index (κ2) is 13.3. The van der Waals surface area contributed by atoms with Gasteiger partial charge in [-0.05, 0) is 55.2 Å². The van der Waals surface area contributed by atoms with Crippen LogP contribution in [-0.4, -0.2) is 35.7 Å². The van der Waals surface area contributed by atoms with Crippen LogP contribution < -0.4 is 14.8 Å². The largest absolute Gasteiger partial charge is 0.493 e. The summed E-state index contributed by atoms with van der Waals surface area (Å²) >= 11 is 0. The smallest absolute Gasteiger partial charge is 0.220 e. The lowest BCUT2D eigenvalue weighted by molar-refractivity contribution is -0.121. The minimum absolute atomic E-state index is 0.0642. The molecule has 0 spiro atoms. The van der Waals surface area contributed by atoms with E-state index in [1.54, 1.807) is 7.11 Å². The molecule has 1 N–H and O–H groups in total. The van der Waals surface area contributed by atoms with Crippen molar-refractivity contribution in [1.29, 1.82) is 0 Å². The maximum Gasteiger partial charge on any atom is 0.220 e. The second-order valence-electron chi connectivity index (χ2n) is 8.87. The lowest BCUT2D eigenvalue weighted by Gasteiger charge is -2.13. The highest BCUT2D eigenvalue weighted by Crippen LogP contribution is 2.29. The van der Waals surface area contributed by atoms with Crippen LogP contribution >= 0.6 is 0 Å². The van der Waals surface area contributed by atoms with Crippen molar-refractivity contribution < 1.29 is 14.3 Å². The van der Waals surface area contributed by atoms with Crippen LogP contribution in [0.15, 0.2) is 78.9 Å². The van der Waals surface area contributed by atoms with Gasteiger partial charge in [0, 0.05) is 25.9 Å². The fraction of sp³-hybridized carbons (Fsp3) is 0.290. The number of carbonyl (C=O) groups is 1. The number of hydrogen-bond donors (Lipinski definition) is 1. The predicted molar refractivity (Wildman–Crippen MR) is 149 cm³/mol. The molecule has 1 heterocycles. The Morgan fingerprint density at radius 1 is 1.00 bits per heavy atom. The Bertz CT molecular complexity index is 1330. The van der Waals surface area contributed by atoms with Crippen molar-refractivity contribution in [3.8, 4) is 11.5 Å². The van der Waals surface area contributed by atoms with Gasteiger partial charge in [0.25, 0.3) is 0 Å². The maximum atomic E-state index is 12.4. The minimum atomic E-state index is 0.0642. The monoisotopic (exact) mass is 497 g/mol. The van der Waals surface area contributed by atoms with E-state index in [-0.39, 0.29) is 5.91 Å². The highest BCUT2D eigenvalue weighted by molar-refractivity contribution is 5.77. The molecule has 4 rings (SSSR count). The molecule has 0 saturated carbocycles.